The number of aryl methyl sites for hydroxylation is 1. The molecule has 0 saturated heterocycles. The Morgan fingerprint density at radius 1 is 1.03 bits per heavy atom. The number of hydrogen-bond donors (Lipinski definition) is 2. The van der Waals surface area contributed by atoms with Crippen molar-refractivity contribution in [3.05, 3.63) is 65.2 Å². The van der Waals surface area contributed by atoms with Crippen LogP contribution in [0.2, 0.25) is 0 Å². The van der Waals surface area contributed by atoms with Crippen molar-refractivity contribution >= 4 is 17.5 Å². The minimum absolute atomic E-state index is 0.172. The van der Waals surface area contributed by atoms with E-state index in [4.69, 9.17) is 0 Å². The molecule has 1 heterocycles. The third-order valence-electron chi connectivity index (χ3n) is 4.50. The van der Waals surface area contributed by atoms with Gasteiger partial charge in [0.05, 0.1) is 11.4 Å². The molecular weight excluding hydrogens is 413 g/mol. The van der Waals surface area contributed by atoms with E-state index in [1.165, 1.54) is 16.8 Å². The topological polar surface area (TPSA) is 102 Å². The van der Waals surface area contributed by atoms with Crippen LogP contribution in [0.3, 0.4) is 0 Å². The SMILES string of the molecule is Cc1nnnn1-c1ccc(F)c(NC(=O)C(NC(=O)c2c(F)cccc2F)C(C)C)c1. The van der Waals surface area contributed by atoms with Crippen LogP contribution in [-0.4, -0.2) is 38.1 Å². The summed E-state index contributed by atoms with van der Waals surface area (Å²) in [7, 11) is 0. The Balaban J connectivity index is 1.83. The molecule has 2 N–H and O–H groups in total. The van der Waals surface area contributed by atoms with Crippen LogP contribution in [0.5, 0.6) is 0 Å². The van der Waals surface area contributed by atoms with Crippen LogP contribution < -0.4 is 10.6 Å². The fourth-order valence-electron chi connectivity index (χ4n) is 2.88. The van der Waals surface area contributed by atoms with E-state index in [2.05, 4.69) is 26.2 Å². The highest BCUT2D eigenvalue weighted by molar-refractivity contribution is 6.01. The number of rotatable bonds is 6. The number of carbonyl (C=O) groups excluding carboxylic acids is 2. The van der Waals surface area contributed by atoms with Gasteiger partial charge in [0.2, 0.25) is 5.91 Å². The summed E-state index contributed by atoms with van der Waals surface area (Å²) in [4.78, 5) is 25.2. The highest BCUT2D eigenvalue weighted by atomic mass is 19.1. The molecule has 1 aromatic heterocycles. The second kappa shape index (κ2) is 8.94. The molecule has 11 heteroatoms. The summed E-state index contributed by atoms with van der Waals surface area (Å²) >= 11 is 0. The van der Waals surface area contributed by atoms with E-state index < -0.39 is 46.8 Å². The quantitative estimate of drug-likeness (QED) is 0.624. The fourth-order valence-corrected chi connectivity index (χ4v) is 2.88. The molecule has 0 fully saturated rings. The van der Waals surface area contributed by atoms with Crippen LogP contribution in [0.1, 0.15) is 30.0 Å². The Hall–Kier alpha value is -3.76. The largest absolute Gasteiger partial charge is 0.340 e. The molecule has 162 valence electrons. The minimum atomic E-state index is -1.19. The van der Waals surface area contributed by atoms with E-state index in [1.807, 2.05) is 0 Å². The van der Waals surface area contributed by atoms with Gasteiger partial charge in [0, 0.05) is 0 Å². The molecule has 1 atom stereocenters. The van der Waals surface area contributed by atoms with E-state index in [0.29, 0.717) is 11.5 Å². The van der Waals surface area contributed by atoms with Gasteiger partial charge in [-0.2, -0.15) is 4.68 Å². The fraction of sp³-hybridized carbons (Fsp3) is 0.250. The van der Waals surface area contributed by atoms with Crippen molar-refractivity contribution in [2.45, 2.75) is 26.8 Å². The van der Waals surface area contributed by atoms with Crippen molar-refractivity contribution < 1.29 is 22.8 Å². The second-order valence-electron chi connectivity index (χ2n) is 7.08. The van der Waals surface area contributed by atoms with Gasteiger partial charge in [0.15, 0.2) is 5.82 Å². The van der Waals surface area contributed by atoms with Gasteiger partial charge in [-0.25, -0.2) is 13.2 Å². The zero-order valence-electron chi connectivity index (χ0n) is 16.9. The van der Waals surface area contributed by atoms with Gasteiger partial charge in [-0.15, -0.1) is 5.10 Å². The average Bonchev–Trinajstić information content (AvgIpc) is 3.13. The van der Waals surface area contributed by atoms with Crippen molar-refractivity contribution in [2.24, 2.45) is 5.92 Å². The van der Waals surface area contributed by atoms with Gasteiger partial charge in [0.25, 0.3) is 5.91 Å². The summed E-state index contributed by atoms with van der Waals surface area (Å²) in [6, 6.07) is 5.68. The lowest BCUT2D eigenvalue weighted by atomic mass is 10.0. The molecule has 3 rings (SSSR count). The zero-order chi connectivity index (χ0) is 22.7. The molecule has 0 radical (unpaired) electrons. The molecule has 8 nitrogen and oxygen atoms in total. The van der Waals surface area contributed by atoms with Gasteiger partial charge in [-0.05, 0) is 53.6 Å². The predicted octanol–water partition coefficient (Wildman–Crippen LogP) is 2.78. The van der Waals surface area contributed by atoms with Crippen molar-refractivity contribution in [1.29, 1.82) is 0 Å². The Labute approximate surface area is 175 Å². The predicted molar refractivity (Wildman–Crippen MR) is 105 cm³/mol. The van der Waals surface area contributed by atoms with E-state index in [9.17, 15) is 22.8 Å². The maximum absolute atomic E-state index is 14.3. The lowest BCUT2D eigenvalue weighted by Crippen LogP contribution is -2.47. The molecule has 0 aliphatic carbocycles. The van der Waals surface area contributed by atoms with Gasteiger partial charge < -0.3 is 10.6 Å². The number of amides is 2. The van der Waals surface area contributed by atoms with Crippen LogP contribution in [0.4, 0.5) is 18.9 Å². The third-order valence-corrected chi connectivity index (χ3v) is 4.50. The van der Waals surface area contributed by atoms with Crippen molar-refractivity contribution in [3.63, 3.8) is 0 Å². The maximum Gasteiger partial charge on any atom is 0.257 e. The molecule has 0 aliphatic heterocycles. The second-order valence-corrected chi connectivity index (χ2v) is 7.08. The molecule has 2 aromatic carbocycles. The van der Waals surface area contributed by atoms with Crippen molar-refractivity contribution in [2.75, 3.05) is 5.32 Å². The Morgan fingerprint density at radius 2 is 1.71 bits per heavy atom. The lowest BCUT2D eigenvalue weighted by Gasteiger charge is -2.22. The molecule has 0 saturated carbocycles. The Kier molecular flexibility index (Phi) is 6.33. The van der Waals surface area contributed by atoms with E-state index in [-0.39, 0.29) is 5.69 Å². The zero-order valence-corrected chi connectivity index (χ0v) is 16.9. The standard InChI is InChI=1S/C20H19F3N6O2/c1-10(2)18(25-19(30)17-14(22)5-4-6-15(17)23)20(31)24-16-9-12(7-8-13(16)21)29-11(3)26-27-28-29/h4-10,18H,1-3H3,(H,24,31)(H,25,30). The number of aromatic nitrogens is 4. The summed E-state index contributed by atoms with van der Waals surface area (Å²) in [5, 5.41) is 15.8. The first-order chi connectivity index (χ1) is 14.7. The molecule has 31 heavy (non-hydrogen) atoms. The molecule has 0 aliphatic rings. The number of nitrogens with one attached hydrogen (secondary N) is 2. The van der Waals surface area contributed by atoms with Crippen LogP contribution in [0.15, 0.2) is 36.4 Å². The van der Waals surface area contributed by atoms with Gasteiger partial charge in [-0.1, -0.05) is 19.9 Å². The normalized spacial score (nSPS) is 12.0. The van der Waals surface area contributed by atoms with Gasteiger partial charge in [0.1, 0.15) is 29.1 Å². The molecule has 2 amide bonds. The monoisotopic (exact) mass is 432 g/mol. The summed E-state index contributed by atoms with van der Waals surface area (Å²) in [5.41, 5.74) is -0.574. The van der Waals surface area contributed by atoms with Gasteiger partial charge in [-0.3, -0.25) is 9.59 Å². The van der Waals surface area contributed by atoms with E-state index in [1.54, 1.807) is 20.8 Å². The maximum atomic E-state index is 14.3. The molecule has 0 spiro atoms. The summed E-state index contributed by atoms with van der Waals surface area (Å²) in [6.07, 6.45) is 0. The number of carbonyl (C=O) groups is 2. The molecule has 3 aromatic rings. The number of halogens is 3. The highest BCUT2D eigenvalue weighted by Gasteiger charge is 2.28. The summed E-state index contributed by atoms with van der Waals surface area (Å²) in [5.74, 6) is -4.72. The Morgan fingerprint density at radius 3 is 2.29 bits per heavy atom. The smallest absolute Gasteiger partial charge is 0.257 e. The number of nitrogens with zero attached hydrogens (tertiary/aromatic N) is 4. The number of benzene rings is 2. The molecular formula is C20H19F3N6O2. The first kappa shape index (κ1) is 21.9. The Bertz CT molecular complexity index is 1110. The van der Waals surface area contributed by atoms with E-state index in [0.717, 1.165) is 24.3 Å². The van der Waals surface area contributed by atoms with Crippen LogP contribution in [0, 0.1) is 30.3 Å². The third kappa shape index (κ3) is 4.71. The number of anilines is 1. The number of tetrazole rings is 1. The van der Waals surface area contributed by atoms with Crippen molar-refractivity contribution in [3.8, 4) is 5.69 Å². The van der Waals surface area contributed by atoms with Crippen molar-refractivity contribution in [1.82, 2.24) is 25.5 Å². The van der Waals surface area contributed by atoms with Crippen LogP contribution >= 0.6 is 0 Å². The number of hydrogen-bond acceptors (Lipinski definition) is 5. The summed E-state index contributed by atoms with van der Waals surface area (Å²) < 4.78 is 43.4. The van der Waals surface area contributed by atoms with Crippen LogP contribution in [0.25, 0.3) is 5.69 Å². The first-order valence-corrected chi connectivity index (χ1v) is 9.29. The van der Waals surface area contributed by atoms with Gasteiger partial charge >= 0.3 is 0 Å². The highest BCUT2D eigenvalue weighted by Crippen LogP contribution is 2.20. The average molecular weight is 432 g/mol. The van der Waals surface area contributed by atoms with E-state index >= 15 is 0 Å². The summed E-state index contributed by atoms with van der Waals surface area (Å²) in [6.45, 7) is 4.90. The van der Waals surface area contributed by atoms with Crippen LogP contribution in [-0.2, 0) is 4.79 Å². The molecule has 0 bridgehead atoms. The minimum Gasteiger partial charge on any atom is -0.340 e. The lowest BCUT2D eigenvalue weighted by molar-refractivity contribution is -0.118. The molecule has 1 unspecified atom stereocenters. The first-order valence-electron chi connectivity index (χ1n) is 9.29.